The van der Waals surface area contributed by atoms with E-state index in [-0.39, 0.29) is 13.6 Å². The molecule has 3 aromatic rings. The number of fused-ring (bicyclic) bond motifs is 8. The highest BCUT2D eigenvalue weighted by atomic mass is 16.7. The third-order valence-electron chi connectivity index (χ3n) is 9.35. The van der Waals surface area contributed by atoms with Crippen LogP contribution in [0.1, 0.15) is 47.9 Å². The smallest absolute Gasteiger partial charge is 0.231 e. The Balaban J connectivity index is 1.01. The minimum atomic E-state index is 0.157. The Labute approximate surface area is 264 Å². The van der Waals surface area contributed by atoms with Gasteiger partial charge in [-0.1, -0.05) is 12.8 Å². The van der Waals surface area contributed by atoms with Crippen LogP contribution >= 0.6 is 0 Å². The van der Waals surface area contributed by atoms with Crippen molar-refractivity contribution in [2.24, 2.45) is 0 Å². The maximum absolute atomic E-state index is 6.06. The van der Waals surface area contributed by atoms with Gasteiger partial charge >= 0.3 is 0 Å². The lowest BCUT2D eigenvalue weighted by Crippen LogP contribution is -2.31. The van der Waals surface area contributed by atoms with E-state index in [1.807, 2.05) is 0 Å². The minimum Gasteiger partial charge on any atom is -0.493 e. The lowest BCUT2D eigenvalue weighted by Gasteiger charge is -2.29. The van der Waals surface area contributed by atoms with Crippen molar-refractivity contribution in [2.75, 3.05) is 61.7 Å². The van der Waals surface area contributed by atoms with Crippen LogP contribution in [0.3, 0.4) is 0 Å². The lowest BCUT2D eigenvalue weighted by atomic mass is 9.93. The first-order valence-electron chi connectivity index (χ1n) is 15.8. The predicted molar refractivity (Wildman–Crippen MR) is 168 cm³/mol. The highest BCUT2D eigenvalue weighted by molar-refractivity contribution is 5.89. The summed E-state index contributed by atoms with van der Waals surface area (Å²) < 4.78 is 46.3. The second kappa shape index (κ2) is 12.8. The van der Waals surface area contributed by atoms with Crippen LogP contribution in [-0.4, -0.2) is 71.5 Å². The monoisotopic (exact) mass is 618 g/mol. The van der Waals surface area contributed by atoms with E-state index < -0.39 is 0 Å². The van der Waals surface area contributed by atoms with Crippen LogP contribution in [0.5, 0.6) is 46.0 Å². The number of unbranched alkanes of at least 4 members (excludes halogenated alkanes) is 3. The average Bonchev–Trinajstić information content (AvgIpc) is 3.73. The summed E-state index contributed by atoms with van der Waals surface area (Å²) in [5.74, 6) is 5.67. The van der Waals surface area contributed by atoms with Gasteiger partial charge in [0.05, 0.1) is 28.4 Å². The molecule has 0 fully saturated rings. The maximum Gasteiger partial charge on any atom is 0.231 e. The fourth-order valence-corrected chi connectivity index (χ4v) is 7.13. The second-order valence-corrected chi connectivity index (χ2v) is 12.0. The zero-order valence-corrected chi connectivity index (χ0v) is 26.7. The van der Waals surface area contributed by atoms with Gasteiger partial charge in [0.2, 0.25) is 25.1 Å². The van der Waals surface area contributed by atoms with Crippen molar-refractivity contribution in [3.8, 4) is 57.1 Å². The van der Waals surface area contributed by atoms with E-state index in [1.54, 1.807) is 28.4 Å². The third kappa shape index (κ3) is 5.55. The van der Waals surface area contributed by atoms with Crippen molar-refractivity contribution < 1.29 is 37.9 Å². The van der Waals surface area contributed by atoms with Crippen LogP contribution in [0, 0.1) is 0 Å². The number of hydrogen-bond donors (Lipinski definition) is 0. The first-order valence-corrected chi connectivity index (χ1v) is 15.8. The molecule has 45 heavy (non-hydrogen) atoms. The van der Waals surface area contributed by atoms with Gasteiger partial charge in [0, 0.05) is 37.3 Å². The zero-order valence-electron chi connectivity index (χ0n) is 26.7. The van der Waals surface area contributed by atoms with Gasteiger partial charge in [-0.3, -0.25) is 9.80 Å². The number of nitrogens with zero attached hydrogens (tertiary/aromatic N) is 2. The van der Waals surface area contributed by atoms with Crippen molar-refractivity contribution in [3.63, 3.8) is 0 Å². The summed E-state index contributed by atoms with van der Waals surface area (Å²) >= 11 is 0. The molecule has 0 saturated carbocycles. The molecule has 0 amide bonds. The quantitative estimate of drug-likeness (QED) is 0.247. The van der Waals surface area contributed by atoms with E-state index in [2.05, 4.69) is 34.1 Å². The molecular formula is C35H42N2O8. The Hall–Kier alpha value is -4.02. The molecule has 0 unspecified atom stereocenters. The summed E-state index contributed by atoms with van der Waals surface area (Å²) in [4.78, 5) is 5.06. The fourth-order valence-electron chi connectivity index (χ4n) is 7.13. The van der Waals surface area contributed by atoms with Crippen molar-refractivity contribution in [2.45, 2.75) is 51.7 Å². The van der Waals surface area contributed by atoms with Crippen molar-refractivity contribution >= 4 is 0 Å². The summed E-state index contributed by atoms with van der Waals surface area (Å²) in [5.41, 5.74) is 6.94. The van der Waals surface area contributed by atoms with E-state index in [0.29, 0.717) is 34.5 Å². The molecule has 0 atom stereocenters. The van der Waals surface area contributed by atoms with Gasteiger partial charge in [-0.15, -0.1) is 0 Å². The van der Waals surface area contributed by atoms with E-state index in [1.165, 1.54) is 30.4 Å². The molecule has 0 aliphatic carbocycles. The SMILES string of the molecule is COc1cc2c(cc1OC)CN(CCCCCCN1Cc3cc(OC)c4c(c3-c3c(cc(OC)c5c3OCO5)C1)OCO4)CC2. The van der Waals surface area contributed by atoms with E-state index in [0.717, 1.165) is 85.9 Å². The molecule has 240 valence electrons. The Bertz CT molecular complexity index is 1500. The topological polar surface area (TPSA) is 80.3 Å². The largest absolute Gasteiger partial charge is 0.493 e. The number of rotatable bonds is 11. The average molecular weight is 619 g/mol. The third-order valence-corrected chi connectivity index (χ3v) is 9.35. The highest BCUT2D eigenvalue weighted by Gasteiger charge is 2.36. The molecule has 0 N–H and O–H groups in total. The number of methoxy groups -OCH3 is 4. The van der Waals surface area contributed by atoms with Crippen LogP contribution in [0.2, 0.25) is 0 Å². The molecule has 7 rings (SSSR count). The van der Waals surface area contributed by atoms with Crippen molar-refractivity contribution in [3.05, 3.63) is 46.5 Å². The number of hydrogen-bond acceptors (Lipinski definition) is 10. The van der Waals surface area contributed by atoms with Crippen molar-refractivity contribution in [1.29, 1.82) is 0 Å². The molecule has 0 saturated heterocycles. The zero-order chi connectivity index (χ0) is 30.9. The molecule has 0 spiro atoms. The van der Waals surface area contributed by atoms with Gasteiger partial charge in [-0.2, -0.15) is 0 Å². The van der Waals surface area contributed by atoms with Crippen LogP contribution in [0.4, 0.5) is 0 Å². The highest BCUT2D eigenvalue weighted by Crippen LogP contribution is 2.57. The van der Waals surface area contributed by atoms with Crippen LogP contribution in [0.15, 0.2) is 24.3 Å². The Kier molecular flexibility index (Phi) is 8.42. The lowest BCUT2D eigenvalue weighted by molar-refractivity contribution is 0.170. The first-order chi connectivity index (χ1) is 22.1. The molecular weight excluding hydrogens is 576 g/mol. The molecule has 0 aromatic heterocycles. The number of benzene rings is 3. The molecule has 4 aliphatic rings. The van der Waals surface area contributed by atoms with Crippen LogP contribution in [0.25, 0.3) is 11.1 Å². The Morgan fingerprint density at radius 3 is 1.49 bits per heavy atom. The minimum absolute atomic E-state index is 0.157. The first kappa shape index (κ1) is 29.7. The van der Waals surface area contributed by atoms with Gasteiger partial charge in [-0.25, -0.2) is 0 Å². The second-order valence-electron chi connectivity index (χ2n) is 12.0. The van der Waals surface area contributed by atoms with Crippen molar-refractivity contribution in [1.82, 2.24) is 9.80 Å². The molecule has 0 radical (unpaired) electrons. The standard InChI is InChI=1S/C35H42N2O8/c1-38-26-13-22-9-12-36(17-23(22)14-27(26)39-2)10-7-5-6-8-11-37-18-24-15-28(40-3)32-34(44-20-42-32)30(24)31-25(19-37)16-29(41-4)33-35(31)45-21-43-33/h13-16H,5-12,17-21H2,1-4H3. The molecule has 3 aromatic carbocycles. The van der Waals surface area contributed by atoms with E-state index >= 15 is 0 Å². The van der Waals surface area contributed by atoms with Gasteiger partial charge in [0.15, 0.2) is 34.5 Å². The summed E-state index contributed by atoms with van der Waals surface area (Å²) in [6.07, 6.45) is 5.74. The fraction of sp³-hybridized carbons (Fsp3) is 0.486. The predicted octanol–water partition coefficient (Wildman–Crippen LogP) is 5.78. The van der Waals surface area contributed by atoms with E-state index in [4.69, 9.17) is 37.9 Å². The van der Waals surface area contributed by atoms with Gasteiger partial charge in [0.25, 0.3) is 0 Å². The molecule has 10 heteroatoms. The summed E-state index contributed by atoms with van der Waals surface area (Å²) in [6.45, 7) is 5.97. The van der Waals surface area contributed by atoms with Crippen LogP contribution < -0.4 is 37.9 Å². The Morgan fingerprint density at radius 1 is 0.511 bits per heavy atom. The molecule has 0 bridgehead atoms. The van der Waals surface area contributed by atoms with E-state index in [9.17, 15) is 0 Å². The summed E-state index contributed by atoms with van der Waals surface area (Å²) in [7, 11) is 6.74. The normalized spacial score (nSPS) is 16.4. The molecule has 4 aliphatic heterocycles. The van der Waals surface area contributed by atoms with Gasteiger partial charge < -0.3 is 37.9 Å². The molecule has 4 heterocycles. The van der Waals surface area contributed by atoms with Gasteiger partial charge in [0.1, 0.15) is 0 Å². The number of ether oxygens (including phenoxy) is 8. The molecule has 10 nitrogen and oxygen atoms in total. The van der Waals surface area contributed by atoms with Gasteiger partial charge in [-0.05, 0) is 78.9 Å². The summed E-state index contributed by atoms with van der Waals surface area (Å²) in [6, 6.07) is 8.45. The van der Waals surface area contributed by atoms with Crippen LogP contribution in [-0.2, 0) is 26.1 Å². The Morgan fingerprint density at radius 2 is 0.956 bits per heavy atom. The maximum atomic E-state index is 6.06. The summed E-state index contributed by atoms with van der Waals surface area (Å²) in [5, 5.41) is 0.